The number of nitrogens with one attached hydrogen (secondary N) is 1. The van der Waals surface area contributed by atoms with E-state index in [1.54, 1.807) is 25.3 Å². The average Bonchev–Trinajstić information content (AvgIpc) is 2.55. The number of rotatable bonds is 5. The molecule has 1 N–H and O–H groups in total. The molecule has 0 bridgehead atoms. The highest BCUT2D eigenvalue weighted by Gasteiger charge is 2.13. The van der Waals surface area contributed by atoms with Gasteiger partial charge < -0.3 is 4.74 Å². The van der Waals surface area contributed by atoms with Gasteiger partial charge in [0.2, 0.25) is 0 Å². The maximum atomic E-state index is 12.3. The van der Waals surface area contributed by atoms with Crippen molar-refractivity contribution in [3.8, 4) is 5.75 Å². The van der Waals surface area contributed by atoms with Crippen LogP contribution >= 0.6 is 0 Å². The first-order chi connectivity index (χ1) is 10.6. The molecule has 22 heavy (non-hydrogen) atoms. The summed E-state index contributed by atoms with van der Waals surface area (Å²) in [5.41, 5.74) is 4.92. The number of carbonyl (C=O) groups excluding carboxylic acids is 1. The second-order valence-electron chi connectivity index (χ2n) is 5.16. The van der Waals surface area contributed by atoms with Crippen molar-refractivity contribution < 1.29 is 9.53 Å². The lowest BCUT2D eigenvalue weighted by Gasteiger charge is -2.11. The number of methoxy groups -OCH3 is 1. The number of hydrogen-bond donors (Lipinski definition) is 1. The quantitative estimate of drug-likeness (QED) is 0.678. The third kappa shape index (κ3) is 3.73. The summed E-state index contributed by atoms with van der Waals surface area (Å²) in [4.78, 5) is 12.3. The van der Waals surface area contributed by atoms with Crippen LogP contribution in [-0.4, -0.2) is 18.7 Å². The first-order valence-electron chi connectivity index (χ1n) is 7.20. The lowest BCUT2D eigenvalue weighted by Crippen LogP contribution is -2.22. The molecule has 0 fully saturated rings. The molecule has 2 aromatic carbocycles. The molecule has 114 valence electrons. The van der Waals surface area contributed by atoms with Crippen LogP contribution in [0.1, 0.15) is 29.8 Å². The molecule has 2 aromatic rings. The number of benzene rings is 2. The number of hydrazone groups is 1. The number of ether oxygens (including phenoxy) is 1. The Bertz CT molecular complexity index is 664. The van der Waals surface area contributed by atoms with E-state index in [4.69, 9.17) is 4.74 Å². The van der Waals surface area contributed by atoms with Gasteiger partial charge in [-0.05, 0) is 23.6 Å². The van der Waals surface area contributed by atoms with Crippen LogP contribution < -0.4 is 10.2 Å². The summed E-state index contributed by atoms with van der Waals surface area (Å²) >= 11 is 0. The summed E-state index contributed by atoms with van der Waals surface area (Å²) in [7, 11) is 1.54. The normalized spacial score (nSPS) is 11.4. The summed E-state index contributed by atoms with van der Waals surface area (Å²) in [5, 5.41) is 4.31. The molecule has 0 aromatic heterocycles. The molecule has 0 aliphatic carbocycles. The molecule has 0 saturated carbocycles. The van der Waals surface area contributed by atoms with Crippen molar-refractivity contribution in [1.29, 1.82) is 0 Å². The predicted octanol–water partition coefficient (Wildman–Crippen LogP) is 3.49. The molecular formula is C18H20N2O2. The molecule has 0 spiro atoms. The summed E-state index contributed by atoms with van der Waals surface area (Å²) in [6.45, 7) is 4.09. The minimum atomic E-state index is -0.286. The summed E-state index contributed by atoms with van der Waals surface area (Å²) < 4.78 is 5.20. The van der Waals surface area contributed by atoms with Crippen LogP contribution in [0.3, 0.4) is 0 Å². The molecule has 1 amide bonds. The van der Waals surface area contributed by atoms with E-state index in [9.17, 15) is 4.79 Å². The molecule has 0 atom stereocenters. The first-order valence-corrected chi connectivity index (χ1v) is 7.20. The van der Waals surface area contributed by atoms with Crippen molar-refractivity contribution in [1.82, 2.24) is 5.43 Å². The number of nitrogens with zero attached hydrogens (tertiary/aromatic N) is 1. The second-order valence-corrected chi connectivity index (χ2v) is 5.16. The van der Waals surface area contributed by atoms with Gasteiger partial charge in [0.15, 0.2) is 0 Å². The Labute approximate surface area is 130 Å². The van der Waals surface area contributed by atoms with Gasteiger partial charge in [0.25, 0.3) is 5.91 Å². The van der Waals surface area contributed by atoms with Gasteiger partial charge >= 0.3 is 0 Å². The van der Waals surface area contributed by atoms with E-state index in [1.807, 2.05) is 50.2 Å². The van der Waals surface area contributed by atoms with E-state index >= 15 is 0 Å². The van der Waals surface area contributed by atoms with Crippen molar-refractivity contribution >= 4 is 11.6 Å². The monoisotopic (exact) mass is 296 g/mol. The number of hydrogen-bond acceptors (Lipinski definition) is 3. The lowest BCUT2D eigenvalue weighted by atomic mass is 10.0. The average molecular weight is 296 g/mol. The van der Waals surface area contributed by atoms with Crippen molar-refractivity contribution in [3.63, 3.8) is 0 Å². The highest BCUT2D eigenvalue weighted by molar-refractivity contribution is 6.03. The van der Waals surface area contributed by atoms with Gasteiger partial charge in [-0.25, -0.2) is 5.43 Å². The predicted molar refractivity (Wildman–Crippen MR) is 88.3 cm³/mol. The molecule has 0 radical (unpaired) electrons. The Hall–Kier alpha value is -2.62. The Morgan fingerprint density at radius 2 is 1.68 bits per heavy atom. The molecule has 0 aliphatic rings. The van der Waals surface area contributed by atoms with Gasteiger partial charge in [-0.1, -0.05) is 56.3 Å². The largest absolute Gasteiger partial charge is 0.496 e. The molecule has 2 rings (SSSR count). The van der Waals surface area contributed by atoms with Crippen molar-refractivity contribution in [2.45, 2.75) is 13.8 Å². The second kappa shape index (κ2) is 7.41. The minimum absolute atomic E-state index is 0.195. The topological polar surface area (TPSA) is 50.7 Å². The van der Waals surface area contributed by atoms with E-state index in [1.165, 1.54) is 0 Å². The van der Waals surface area contributed by atoms with E-state index < -0.39 is 0 Å². The Morgan fingerprint density at radius 3 is 2.32 bits per heavy atom. The highest BCUT2D eigenvalue weighted by atomic mass is 16.5. The maximum absolute atomic E-state index is 12.3. The third-order valence-corrected chi connectivity index (χ3v) is 3.25. The number of carbonyl (C=O) groups is 1. The van der Waals surface area contributed by atoms with Gasteiger partial charge in [0.1, 0.15) is 5.75 Å². The zero-order chi connectivity index (χ0) is 15.9. The summed E-state index contributed by atoms with van der Waals surface area (Å²) in [6.07, 6.45) is 0. The van der Waals surface area contributed by atoms with E-state index in [2.05, 4.69) is 10.5 Å². The van der Waals surface area contributed by atoms with Crippen LogP contribution in [-0.2, 0) is 0 Å². The third-order valence-electron chi connectivity index (χ3n) is 3.25. The van der Waals surface area contributed by atoms with Crippen LogP contribution in [0.25, 0.3) is 0 Å². The number of amides is 1. The highest BCUT2D eigenvalue weighted by Crippen LogP contribution is 2.17. The van der Waals surface area contributed by atoms with E-state index in [0.29, 0.717) is 11.3 Å². The summed E-state index contributed by atoms with van der Waals surface area (Å²) in [6, 6.07) is 16.9. The fourth-order valence-electron chi connectivity index (χ4n) is 2.14. The van der Waals surface area contributed by atoms with Gasteiger partial charge in [-0.2, -0.15) is 5.10 Å². The Balaban J connectivity index is 2.23. The fourth-order valence-corrected chi connectivity index (χ4v) is 2.14. The molecule has 0 saturated heterocycles. The Kier molecular flexibility index (Phi) is 5.31. The molecule has 0 heterocycles. The smallest absolute Gasteiger partial charge is 0.275 e. The molecule has 0 aliphatic heterocycles. The molecule has 0 unspecified atom stereocenters. The van der Waals surface area contributed by atoms with Gasteiger partial charge in [0, 0.05) is 0 Å². The van der Waals surface area contributed by atoms with Crippen molar-refractivity contribution in [2.24, 2.45) is 11.0 Å². The minimum Gasteiger partial charge on any atom is -0.496 e. The summed E-state index contributed by atoms with van der Waals surface area (Å²) in [5.74, 6) is 0.438. The number of para-hydroxylation sites is 1. The standard InChI is InChI=1S/C18H20N2O2/c1-13(2)17(14-9-5-4-6-10-14)19-20-18(21)15-11-7-8-12-16(15)22-3/h4-13H,1-3H3,(H,20,21)/b19-17+. The van der Waals surface area contributed by atoms with Crippen molar-refractivity contribution in [2.75, 3.05) is 7.11 Å². The van der Waals surface area contributed by atoms with E-state index in [0.717, 1.165) is 11.3 Å². The first kappa shape index (κ1) is 15.8. The zero-order valence-electron chi connectivity index (χ0n) is 13.0. The van der Waals surface area contributed by atoms with Crippen LogP contribution in [0.4, 0.5) is 0 Å². The van der Waals surface area contributed by atoms with E-state index in [-0.39, 0.29) is 11.8 Å². The SMILES string of the molecule is COc1ccccc1C(=O)N/N=C(/c1ccccc1)C(C)C. The van der Waals surface area contributed by atoms with Gasteiger partial charge in [-0.3, -0.25) is 4.79 Å². The van der Waals surface area contributed by atoms with Crippen LogP contribution in [0.2, 0.25) is 0 Å². The van der Waals surface area contributed by atoms with Crippen LogP contribution in [0, 0.1) is 5.92 Å². The van der Waals surface area contributed by atoms with Gasteiger partial charge in [0.05, 0.1) is 18.4 Å². The van der Waals surface area contributed by atoms with Gasteiger partial charge in [-0.15, -0.1) is 0 Å². The molecule has 4 nitrogen and oxygen atoms in total. The fraction of sp³-hybridized carbons (Fsp3) is 0.222. The molecule has 4 heteroatoms. The van der Waals surface area contributed by atoms with Crippen LogP contribution in [0.5, 0.6) is 5.75 Å². The maximum Gasteiger partial charge on any atom is 0.275 e. The van der Waals surface area contributed by atoms with Crippen molar-refractivity contribution in [3.05, 3.63) is 65.7 Å². The molecular weight excluding hydrogens is 276 g/mol. The Morgan fingerprint density at radius 1 is 1.05 bits per heavy atom. The van der Waals surface area contributed by atoms with Crippen LogP contribution in [0.15, 0.2) is 59.7 Å². The lowest BCUT2D eigenvalue weighted by molar-refractivity contribution is 0.0951. The zero-order valence-corrected chi connectivity index (χ0v) is 13.0.